The van der Waals surface area contributed by atoms with Gasteiger partial charge in [0, 0.05) is 19.4 Å². The van der Waals surface area contributed by atoms with Gasteiger partial charge < -0.3 is 4.98 Å². The van der Waals surface area contributed by atoms with Crippen molar-refractivity contribution < 1.29 is 0 Å². The summed E-state index contributed by atoms with van der Waals surface area (Å²) in [6.07, 6.45) is 4.71. The maximum absolute atomic E-state index is 4.53. The third-order valence-electron chi connectivity index (χ3n) is 2.97. The van der Waals surface area contributed by atoms with E-state index in [4.69, 9.17) is 0 Å². The van der Waals surface area contributed by atoms with Crippen LogP contribution in [0.2, 0.25) is 0 Å². The highest BCUT2D eigenvalue weighted by Gasteiger charge is 2.12. The molecule has 3 heterocycles. The van der Waals surface area contributed by atoms with Gasteiger partial charge in [0.25, 0.3) is 0 Å². The molecule has 0 saturated carbocycles. The number of pyridine rings is 1. The van der Waals surface area contributed by atoms with Crippen LogP contribution < -0.4 is 0 Å². The van der Waals surface area contributed by atoms with Crippen LogP contribution in [0.15, 0.2) is 18.5 Å². The largest absolute Gasteiger partial charge is 0.336 e. The van der Waals surface area contributed by atoms with Crippen molar-refractivity contribution in [3.63, 3.8) is 0 Å². The average Bonchev–Trinajstić information content (AvgIpc) is 2.91. The van der Waals surface area contributed by atoms with Gasteiger partial charge in [-0.15, -0.1) is 0 Å². The van der Waals surface area contributed by atoms with Crippen LogP contribution in [0.5, 0.6) is 0 Å². The fourth-order valence-electron chi connectivity index (χ4n) is 2.13. The first kappa shape index (κ1) is 11.0. The molecule has 0 radical (unpaired) electrons. The molecule has 5 heteroatoms. The van der Waals surface area contributed by atoms with Crippen LogP contribution in [0.4, 0.5) is 0 Å². The third-order valence-corrected chi connectivity index (χ3v) is 2.97. The number of rotatable bonds is 2. The minimum absolute atomic E-state index is 0.751. The van der Waals surface area contributed by atoms with Crippen molar-refractivity contribution in [2.45, 2.75) is 20.3 Å². The topological polar surface area (TPSA) is 59.4 Å². The number of nitrogens with zero attached hydrogens (tertiary/aromatic N) is 4. The SMILES string of the molecule is CCc1nn(C)cc1-c1nc2ncc(C)cc2[nH]1. The Morgan fingerprint density at radius 2 is 2.22 bits per heavy atom. The maximum Gasteiger partial charge on any atom is 0.178 e. The van der Waals surface area contributed by atoms with Crippen molar-refractivity contribution in [3.05, 3.63) is 29.7 Å². The summed E-state index contributed by atoms with van der Waals surface area (Å²) in [5.74, 6) is 0.841. The minimum Gasteiger partial charge on any atom is -0.336 e. The quantitative estimate of drug-likeness (QED) is 0.748. The summed E-state index contributed by atoms with van der Waals surface area (Å²) in [4.78, 5) is 12.2. The van der Waals surface area contributed by atoms with Gasteiger partial charge in [0.2, 0.25) is 0 Å². The second-order valence-electron chi connectivity index (χ2n) is 4.49. The summed E-state index contributed by atoms with van der Waals surface area (Å²) in [7, 11) is 1.92. The van der Waals surface area contributed by atoms with Crippen molar-refractivity contribution in [3.8, 4) is 11.4 Å². The van der Waals surface area contributed by atoms with Crippen molar-refractivity contribution in [2.75, 3.05) is 0 Å². The zero-order valence-electron chi connectivity index (χ0n) is 10.7. The summed E-state index contributed by atoms with van der Waals surface area (Å²) < 4.78 is 1.82. The Balaban J connectivity index is 2.18. The lowest BCUT2D eigenvalue weighted by atomic mass is 10.2. The van der Waals surface area contributed by atoms with E-state index in [1.54, 1.807) is 0 Å². The van der Waals surface area contributed by atoms with Gasteiger partial charge in [-0.1, -0.05) is 6.92 Å². The summed E-state index contributed by atoms with van der Waals surface area (Å²) in [5, 5.41) is 4.43. The molecule has 0 unspecified atom stereocenters. The van der Waals surface area contributed by atoms with Gasteiger partial charge in [-0.2, -0.15) is 5.10 Å². The molecule has 0 aliphatic rings. The van der Waals surface area contributed by atoms with E-state index in [9.17, 15) is 0 Å². The van der Waals surface area contributed by atoms with Gasteiger partial charge in [0.05, 0.1) is 16.8 Å². The summed E-state index contributed by atoms with van der Waals surface area (Å²) >= 11 is 0. The molecule has 0 bridgehead atoms. The first-order valence-corrected chi connectivity index (χ1v) is 6.02. The molecule has 0 atom stereocenters. The molecule has 0 fully saturated rings. The van der Waals surface area contributed by atoms with E-state index in [1.807, 2.05) is 31.0 Å². The van der Waals surface area contributed by atoms with Gasteiger partial charge in [0.15, 0.2) is 5.65 Å². The van der Waals surface area contributed by atoms with Crippen molar-refractivity contribution in [1.29, 1.82) is 0 Å². The molecule has 5 nitrogen and oxygen atoms in total. The number of fused-ring (bicyclic) bond motifs is 1. The molecule has 0 aliphatic heterocycles. The highest BCUT2D eigenvalue weighted by molar-refractivity contribution is 5.76. The molecule has 18 heavy (non-hydrogen) atoms. The number of hydrogen-bond acceptors (Lipinski definition) is 3. The van der Waals surface area contributed by atoms with Crippen LogP contribution in [0.3, 0.4) is 0 Å². The van der Waals surface area contributed by atoms with Crippen LogP contribution >= 0.6 is 0 Å². The number of aromatic nitrogens is 5. The van der Waals surface area contributed by atoms with Crippen LogP contribution in [0.1, 0.15) is 18.2 Å². The number of imidazole rings is 1. The molecule has 92 valence electrons. The molecule has 3 aromatic rings. The molecule has 0 amide bonds. The lowest BCUT2D eigenvalue weighted by molar-refractivity contribution is 0.746. The molecule has 3 rings (SSSR count). The number of hydrogen-bond donors (Lipinski definition) is 1. The third kappa shape index (κ3) is 1.68. The van der Waals surface area contributed by atoms with Crippen molar-refractivity contribution in [2.24, 2.45) is 7.05 Å². The second kappa shape index (κ2) is 3.94. The lowest BCUT2D eigenvalue weighted by Crippen LogP contribution is -1.89. The fraction of sp³-hybridized carbons (Fsp3) is 0.308. The molecular formula is C13H15N5. The van der Waals surface area contributed by atoms with Gasteiger partial charge in [-0.05, 0) is 25.0 Å². The molecule has 1 N–H and O–H groups in total. The van der Waals surface area contributed by atoms with E-state index in [2.05, 4.69) is 33.0 Å². The summed E-state index contributed by atoms with van der Waals surface area (Å²) in [5.41, 5.74) is 4.95. The molecule has 0 spiro atoms. The number of H-pyrrole nitrogens is 1. The van der Waals surface area contributed by atoms with Gasteiger partial charge in [0.1, 0.15) is 5.82 Å². The normalized spacial score (nSPS) is 11.3. The zero-order valence-corrected chi connectivity index (χ0v) is 10.7. The van der Waals surface area contributed by atoms with E-state index in [0.29, 0.717) is 0 Å². The van der Waals surface area contributed by atoms with Crippen LogP contribution in [-0.4, -0.2) is 24.7 Å². The molecule has 3 aromatic heterocycles. The Hall–Kier alpha value is -2.17. The molecule has 0 aliphatic carbocycles. The van der Waals surface area contributed by atoms with E-state index in [1.165, 1.54) is 0 Å². The van der Waals surface area contributed by atoms with Crippen molar-refractivity contribution in [1.82, 2.24) is 24.7 Å². The summed E-state index contributed by atoms with van der Waals surface area (Å²) in [6, 6.07) is 2.06. The van der Waals surface area contributed by atoms with Crippen molar-refractivity contribution >= 4 is 11.2 Å². The van der Waals surface area contributed by atoms with Gasteiger partial charge in [-0.25, -0.2) is 9.97 Å². The molecular weight excluding hydrogens is 226 g/mol. The maximum atomic E-state index is 4.53. The van der Waals surface area contributed by atoms with Crippen LogP contribution in [0, 0.1) is 6.92 Å². The van der Waals surface area contributed by atoms with Gasteiger partial charge in [-0.3, -0.25) is 4.68 Å². The smallest absolute Gasteiger partial charge is 0.178 e. The van der Waals surface area contributed by atoms with Crippen LogP contribution in [-0.2, 0) is 13.5 Å². The number of aromatic amines is 1. The van der Waals surface area contributed by atoms with E-state index in [-0.39, 0.29) is 0 Å². The summed E-state index contributed by atoms with van der Waals surface area (Å²) in [6.45, 7) is 4.12. The Morgan fingerprint density at radius 3 is 3.00 bits per heavy atom. The zero-order chi connectivity index (χ0) is 12.7. The monoisotopic (exact) mass is 241 g/mol. The Labute approximate surface area is 105 Å². The number of nitrogens with one attached hydrogen (secondary N) is 1. The van der Waals surface area contributed by atoms with E-state index in [0.717, 1.165) is 40.2 Å². The minimum atomic E-state index is 0.751. The predicted molar refractivity (Wildman–Crippen MR) is 70.2 cm³/mol. The standard InChI is InChI=1S/C13H15N5/c1-4-10-9(7-18(3)17-10)12-15-11-5-8(2)6-14-13(11)16-12/h5-7H,4H2,1-3H3,(H,14,15,16). The average molecular weight is 241 g/mol. The predicted octanol–water partition coefficient (Wildman–Crippen LogP) is 2.23. The Kier molecular flexibility index (Phi) is 2.40. The second-order valence-corrected chi connectivity index (χ2v) is 4.49. The van der Waals surface area contributed by atoms with E-state index >= 15 is 0 Å². The highest BCUT2D eigenvalue weighted by Crippen LogP contribution is 2.22. The first-order chi connectivity index (χ1) is 8.67. The first-order valence-electron chi connectivity index (χ1n) is 6.02. The van der Waals surface area contributed by atoms with Gasteiger partial charge >= 0.3 is 0 Å². The Morgan fingerprint density at radius 1 is 1.39 bits per heavy atom. The molecule has 0 saturated heterocycles. The van der Waals surface area contributed by atoms with Crippen LogP contribution in [0.25, 0.3) is 22.6 Å². The fourth-order valence-corrected chi connectivity index (χ4v) is 2.13. The number of aryl methyl sites for hydroxylation is 3. The Bertz CT molecular complexity index is 707. The molecule has 0 aromatic carbocycles. The lowest BCUT2D eigenvalue weighted by Gasteiger charge is -1.93. The highest BCUT2D eigenvalue weighted by atomic mass is 15.3. The van der Waals surface area contributed by atoms with E-state index < -0.39 is 0 Å².